The zero-order chi connectivity index (χ0) is 28.0. The van der Waals surface area contributed by atoms with Gasteiger partial charge in [0.15, 0.2) is 0 Å². The molecule has 2 aromatic carbocycles. The van der Waals surface area contributed by atoms with Crippen molar-refractivity contribution in [1.82, 2.24) is 14.9 Å². The molecule has 1 unspecified atom stereocenters. The highest BCUT2D eigenvalue weighted by Gasteiger charge is 2.49. The van der Waals surface area contributed by atoms with Crippen molar-refractivity contribution in [1.29, 1.82) is 0 Å². The van der Waals surface area contributed by atoms with Crippen LogP contribution in [0.2, 0.25) is 0 Å². The van der Waals surface area contributed by atoms with Crippen LogP contribution in [0.5, 0.6) is 5.75 Å². The summed E-state index contributed by atoms with van der Waals surface area (Å²) in [7, 11) is 1.59. The van der Waals surface area contributed by atoms with Gasteiger partial charge in [-0.3, -0.25) is 9.59 Å². The van der Waals surface area contributed by atoms with Crippen LogP contribution < -0.4 is 10.5 Å². The van der Waals surface area contributed by atoms with E-state index in [2.05, 4.69) is 16.9 Å². The van der Waals surface area contributed by atoms with E-state index in [4.69, 9.17) is 10.5 Å². The summed E-state index contributed by atoms with van der Waals surface area (Å²) in [6.45, 7) is 2.74. The number of benzene rings is 2. The van der Waals surface area contributed by atoms with Crippen LogP contribution in [-0.2, 0) is 21.4 Å². The Bertz CT molecular complexity index is 1260. The average molecular weight is 539 g/mol. The van der Waals surface area contributed by atoms with Crippen molar-refractivity contribution < 1.29 is 23.1 Å². The number of carbonyl (C=O) groups is 2. The molecule has 0 spiro atoms. The molecular weight excluding hydrogens is 502 g/mol. The van der Waals surface area contributed by atoms with Crippen molar-refractivity contribution in [2.45, 2.75) is 56.8 Å². The summed E-state index contributed by atoms with van der Waals surface area (Å²) in [6, 6.07) is 11.1. The Morgan fingerprint density at radius 3 is 2.49 bits per heavy atom. The number of nitrogens with one attached hydrogen (secondary N) is 1. The molecule has 7 nitrogen and oxygen atoms in total. The molecule has 2 atom stereocenters. The predicted octanol–water partition coefficient (Wildman–Crippen LogP) is 4.87. The minimum atomic E-state index is -0.624. The average Bonchev–Trinajstić information content (AvgIpc) is 3.43. The lowest BCUT2D eigenvalue weighted by Gasteiger charge is -2.52. The van der Waals surface area contributed by atoms with E-state index in [1.165, 1.54) is 18.5 Å². The number of rotatable bonds is 13. The predicted molar refractivity (Wildman–Crippen MR) is 144 cm³/mol. The second kappa shape index (κ2) is 12.4. The fourth-order valence-electron chi connectivity index (χ4n) is 5.74. The zero-order valence-electron chi connectivity index (χ0n) is 22.5. The number of ether oxygens (including phenoxy) is 1. The number of halogens is 2. The molecule has 2 heterocycles. The first-order valence-corrected chi connectivity index (χ1v) is 13.4. The van der Waals surface area contributed by atoms with Crippen LogP contribution >= 0.6 is 0 Å². The molecule has 1 saturated heterocycles. The van der Waals surface area contributed by atoms with Crippen LogP contribution in [0.1, 0.15) is 61.8 Å². The van der Waals surface area contributed by atoms with Crippen molar-refractivity contribution in [2.24, 2.45) is 11.7 Å². The van der Waals surface area contributed by atoms with E-state index in [0.29, 0.717) is 42.9 Å². The lowest BCUT2D eigenvalue weighted by atomic mass is 9.69. The Balaban J connectivity index is 1.64. The summed E-state index contributed by atoms with van der Waals surface area (Å²) >= 11 is 0. The van der Waals surface area contributed by atoms with Gasteiger partial charge in [0.2, 0.25) is 11.8 Å². The summed E-state index contributed by atoms with van der Waals surface area (Å²) in [5.41, 5.74) is 7.04. The number of amides is 2. The van der Waals surface area contributed by atoms with Gasteiger partial charge in [-0.1, -0.05) is 44.4 Å². The van der Waals surface area contributed by atoms with Crippen molar-refractivity contribution in [3.8, 4) is 5.75 Å². The van der Waals surface area contributed by atoms with Gasteiger partial charge in [0.1, 0.15) is 17.4 Å². The van der Waals surface area contributed by atoms with Crippen LogP contribution in [0.15, 0.2) is 55.0 Å². The highest BCUT2D eigenvalue weighted by molar-refractivity contribution is 5.83. The number of aromatic nitrogens is 2. The highest BCUT2D eigenvalue weighted by atomic mass is 19.1. The Labute approximate surface area is 227 Å². The third-order valence-corrected chi connectivity index (χ3v) is 7.82. The summed E-state index contributed by atoms with van der Waals surface area (Å²) < 4.78 is 33.9. The van der Waals surface area contributed by atoms with Crippen molar-refractivity contribution in [3.05, 3.63) is 83.4 Å². The number of unbranched alkanes of at least 4 members (excludes halogenated alkanes) is 2. The Kier molecular flexibility index (Phi) is 8.99. The molecule has 2 amide bonds. The van der Waals surface area contributed by atoms with Crippen LogP contribution in [-0.4, -0.2) is 46.9 Å². The van der Waals surface area contributed by atoms with Gasteiger partial charge in [0.05, 0.1) is 19.4 Å². The molecule has 0 aliphatic carbocycles. The van der Waals surface area contributed by atoms with E-state index in [0.717, 1.165) is 30.9 Å². The van der Waals surface area contributed by atoms with E-state index in [1.807, 2.05) is 24.3 Å². The van der Waals surface area contributed by atoms with Crippen LogP contribution in [0.3, 0.4) is 0 Å². The largest absolute Gasteiger partial charge is 0.497 e. The fraction of sp³-hybridized carbons (Fsp3) is 0.433. The first-order valence-electron chi connectivity index (χ1n) is 13.4. The number of imidazole rings is 1. The summed E-state index contributed by atoms with van der Waals surface area (Å²) in [6.07, 6.45) is 7.02. The van der Waals surface area contributed by atoms with Gasteiger partial charge in [-0.05, 0) is 42.2 Å². The van der Waals surface area contributed by atoms with Crippen LogP contribution in [0.4, 0.5) is 8.78 Å². The normalized spacial score (nSPS) is 15.8. The van der Waals surface area contributed by atoms with E-state index in [9.17, 15) is 18.4 Å². The maximum atomic E-state index is 15.0. The topological polar surface area (TPSA) is 101 Å². The first kappa shape index (κ1) is 28.3. The Morgan fingerprint density at radius 2 is 1.90 bits per heavy atom. The van der Waals surface area contributed by atoms with Gasteiger partial charge in [-0.2, -0.15) is 0 Å². The molecule has 1 fully saturated rings. The third kappa shape index (κ3) is 6.46. The number of hydrogen-bond donors (Lipinski definition) is 2. The molecule has 0 saturated carbocycles. The molecule has 208 valence electrons. The van der Waals surface area contributed by atoms with Crippen molar-refractivity contribution >= 4 is 11.8 Å². The Morgan fingerprint density at radius 1 is 1.15 bits per heavy atom. The van der Waals surface area contributed by atoms with Gasteiger partial charge < -0.3 is 20.4 Å². The second-order valence-corrected chi connectivity index (χ2v) is 10.5. The molecule has 1 aliphatic heterocycles. The number of primary amides is 1. The molecule has 3 N–H and O–H groups in total. The summed E-state index contributed by atoms with van der Waals surface area (Å²) in [5.74, 6) is -2.30. The Hall–Kier alpha value is -3.75. The van der Waals surface area contributed by atoms with E-state index >= 15 is 0 Å². The third-order valence-electron chi connectivity index (χ3n) is 7.82. The van der Waals surface area contributed by atoms with Gasteiger partial charge in [-0.15, -0.1) is 0 Å². The number of carbonyl (C=O) groups excluding carboxylic acids is 2. The molecule has 4 rings (SSSR count). The first-order chi connectivity index (χ1) is 18.8. The number of nitrogens with zero attached hydrogens (tertiary/aromatic N) is 2. The SMILES string of the molecule is CCCCCC1(c2ccc(F)cc2F)CN(C(=O)[C@H](Cc2ccc(OC)cc2)C(CC(N)=O)c2cnc[nH]2)C1. The van der Waals surface area contributed by atoms with E-state index < -0.39 is 34.8 Å². The van der Waals surface area contributed by atoms with Gasteiger partial charge in [0, 0.05) is 48.8 Å². The fourth-order valence-corrected chi connectivity index (χ4v) is 5.74. The minimum absolute atomic E-state index is 0.0309. The van der Waals surface area contributed by atoms with Crippen molar-refractivity contribution in [3.63, 3.8) is 0 Å². The number of H-pyrrole nitrogens is 1. The minimum Gasteiger partial charge on any atom is -0.497 e. The summed E-state index contributed by atoms with van der Waals surface area (Å²) in [4.78, 5) is 35.1. The molecule has 3 aromatic rings. The highest BCUT2D eigenvalue weighted by Crippen LogP contribution is 2.43. The number of aromatic amines is 1. The number of methoxy groups -OCH3 is 1. The maximum absolute atomic E-state index is 15.0. The maximum Gasteiger partial charge on any atom is 0.226 e. The quantitative estimate of drug-likeness (QED) is 0.303. The molecule has 9 heteroatoms. The lowest BCUT2D eigenvalue weighted by molar-refractivity contribution is -0.145. The van der Waals surface area contributed by atoms with Gasteiger partial charge >= 0.3 is 0 Å². The smallest absolute Gasteiger partial charge is 0.226 e. The summed E-state index contributed by atoms with van der Waals surface area (Å²) in [5, 5.41) is 0. The second-order valence-electron chi connectivity index (χ2n) is 10.5. The van der Waals surface area contributed by atoms with Crippen LogP contribution in [0, 0.1) is 17.6 Å². The lowest BCUT2D eigenvalue weighted by Crippen LogP contribution is -2.63. The molecular formula is C30H36F2N4O3. The number of hydrogen-bond acceptors (Lipinski definition) is 4. The van der Waals surface area contributed by atoms with Gasteiger partial charge in [0.25, 0.3) is 0 Å². The number of nitrogens with two attached hydrogens (primary N) is 1. The van der Waals surface area contributed by atoms with Gasteiger partial charge in [-0.25, -0.2) is 13.8 Å². The monoisotopic (exact) mass is 538 g/mol. The molecule has 0 radical (unpaired) electrons. The zero-order valence-corrected chi connectivity index (χ0v) is 22.5. The molecule has 1 aromatic heterocycles. The van der Waals surface area contributed by atoms with Crippen molar-refractivity contribution in [2.75, 3.05) is 20.2 Å². The van der Waals surface area contributed by atoms with Crippen LogP contribution in [0.25, 0.3) is 0 Å². The number of likely N-dealkylation sites (tertiary alicyclic amines) is 1. The molecule has 39 heavy (non-hydrogen) atoms. The molecule has 0 bridgehead atoms. The van der Waals surface area contributed by atoms with E-state index in [1.54, 1.807) is 18.2 Å². The molecule has 1 aliphatic rings. The standard InChI is InChI=1S/C30H36F2N4O3/c1-3-4-5-12-30(25-11-8-21(31)14-26(25)32)17-36(18-30)29(38)24(13-20-6-9-22(39-2)10-7-20)23(15-28(33)37)27-16-34-19-35-27/h6-11,14,16,19,23-24H,3-5,12-13,15,17-18H2,1-2H3,(H2,33,37)(H,34,35)/t23?,24-/m1/s1. The van der Waals surface area contributed by atoms with E-state index in [-0.39, 0.29) is 12.3 Å².